The van der Waals surface area contributed by atoms with E-state index in [1.165, 1.54) is 58.0 Å². The molecule has 2 heteroatoms. The highest BCUT2D eigenvalue weighted by Gasteiger charge is 2.40. The third-order valence-electron chi connectivity index (χ3n) is 5.62. The molecule has 18 heavy (non-hydrogen) atoms. The van der Waals surface area contributed by atoms with Crippen molar-refractivity contribution in [2.75, 3.05) is 13.1 Å². The van der Waals surface area contributed by atoms with E-state index < -0.39 is 0 Å². The summed E-state index contributed by atoms with van der Waals surface area (Å²) in [4.78, 5) is 2.72. The Hall–Kier alpha value is -0.0800. The van der Waals surface area contributed by atoms with Gasteiger partial charge in [0.05, 0.1) is 0 Å². The second kappa shape index (κ2) is 5.50. The molecule has 0 amide bonds. The molecule has 0 spiro atoms. The van der Waals surface area contributed by atoms with Crippen LogP contribution in [0.25, 0.3) is 0 Å². The summed E-state index contributed by atoms with van der Waals surface area (Å²) >= 11 is 0. The highest BCUT2D eigenvalue weighted by atomic mass is 15.2. The average Bonchev–Trinajstić information content (AvgIpc) is 2.81. The van der Waals surface area contributed by atoms with Crippen LogP contribution in [-0.4, -0.2) is 36.1 Å². The summed E-state index contributed by atoms with van der Waals surface area (Å²) in [5.74, 6) is 1.86. The molecule has 2 saturated carbocycles. The lowest BCUT2D eigenvalue weighted by atomic mass is 9.73. The van der Waals surface area contributed by atoms with Crippen molar-refractivity contribution in [3.63, 3.8) is 0 Å². The molecule has 2 unspecified atom stereocenters. The van der Waals surface area contributed by atoms with Gasteiger partial charge < -0.3 is 10.2 Å². The fourth-order valence-electron chi connectivity index (χ4n) is 4.53. The monoisotopic (exact) mass is 250 g/mol. The van der Waals surface area contributed by atoms with Gasteiger partial charge in [-0.25, -0.2) is 0 Å². The predicted octanol–water partition coefficient (Wildman–Crippen LogP) is 3.03. The maximum absolute atomic E-state index is 4.05. The number of hydrogen-bond donors (Lipinski definition) is 1. The number of nitrogens with one attached hydrogen (secondary N) is 1. The Kier molecular flexibility index (Phi) is 3.95. The second-order valence-electron chi connectivity index (χ2n) is 7.17. The van der Waals surface area contributed by atoms with E-state index >= 15 is 0 Å². The van der Waals surface area contributed by atoms with Crippen molar-refractivity contribution in [1.82, 2.24) is 10.2 Å². The van der Waals surface area contributed by atoms with Gasteiger partial charge in [0.2, 0.25) is 0 Å². The largest absolute Gasteiger partial charge is 0.311 e. The minimum atomic E-state index is 0.737. The molecular weight excluding hydrogens is 220 g/mol. The van der Waals surface area contributed by atoms with Gasteiger partial charge in [-0.2, -0.15) is 0 Å². The highest BCUT2D eigenvalue weighted by Crippen LogP contribution is 2.36. The molecular formula is C16H30N2. The number of nitrogens with zero attached hydrogens (tertiary/aromatic N) is 1. The summed E-state index contributed by atoms with van der Waals surface area (Å²) in [6.07, 6.45) is 10.2. The van der Waals surface area contributed by atoms with E-state index in [9.17, 15) is 0 Å². The van der Waals surface area contributed by atoms with Crippen LogP contribution >= 0.6 is 0 Å². The van der Waals surface area contributed by atoms with Crippen LogP contribution in [0.3, 0.4) is 0 Å². The number of fused-ring (bicyclic) bond motifs is 2. The van der Waals surface area contributed by atoms with Crippen LogP contribution in [0.4, 0.5) is 0 Å². The van der Waals surface area contributed by atoms with Crippen molar-refractivity contribution >= 4 is 0 Å². The van der Waals surface area contributed by atoms with Gasteiger partial charge in [0.1, 0.15) is 0 Å². The number of hydrogen-bond acceptors (Lipinski definition) is 2. The van der Waals surface area contributed by atoms with E-state index in [1.807, 2.05) is 0 Å². The van der Waals surface area contributed by atoms with Crippen molar-refractivity contribution in [2.24, 2.45) is 11.8 Å². The molecule has 0 aromatic rings. The second-order valence-corrected chi connectivity index (χ2v) is 7.17. The summed E-state index contributed by atoms with van der Waals surface area (Å²) in [6.45, 7) is 7.41. The summed E-state index contributed by atoms with van der Waals surface area (Å²) in [5.41, 5.74) is 0. The van der Waals surface area contributed by atoms with Crippen LogP contribution < -0.4 is 5.32 Å². The lowest BCUT2D eigenvalue weighted by Crippen LogP contribution is -2.59. The number of likely N-dealkylation sites (tertiary alicyclic amines) is 1. The molecule has 2 bridgehead atoms. The van der Waals surface area contributed by atoms with Crippen molar-refractivity contribution in [3.8, 4) is 0 Å². The molecule has 1 heterocycles. The van der Waals surface area contributed by atoms with Crippen molar-refractivity contribution < 1.29 is 0 Å². The van der Waals surface area contributed by atoms with Crippen LogP contribution in [0.2, 0.25) is 0 Å². The van der Waals surface area contributed by atoms with Crippen LogP contribution in [0.15, 0.2) is 0 Å². The average molecular weight is 250 g/mol. The molecule has 3 fully saturated rings. The Morgan fingerprint density at radius 1 is 0.889 bits per heavy atom. The van der Waals surface area contributed by atoms with Crippen LogP contribution in [0.1, 0.15) is 58.8 Å². The first-order chi connectivity index (χ1) is 8.74. The quantitative estimate of drug-likeness (QED) is 0.828. The van der Waals surface area contributed by atoms with E-state index in [2.05, 4.69) is 24.1 Å². The van der Waals surface area contributed by atoms with E-state index in [4.69, 9.17) is 0 Å². The number of rotatable bonds is 3. The molecule has 2 nitrogen and oxygen atoms in total. The van der Waals surface area contributed by atoms with Gasteiger partial charge >= 0.3 is 0 Å². The van der Waals surface area contributed by atoms with E-state index in [0.29, 0.717) is 0 Å². The zero-order valence-electron chi connectivity index (χ0n) is 12.2. The maximum Gasteiger partial charge on any atom is 0.0151 e. The molecule has 1 aliphatic heterocycles. The molecule has 0 aromatic carbocycles. The number of piperidine rings is 1. The molecule has 2 aliphatic carbocycles. The highest BCUT2D eigenvalue weighted by molar-refractivity contribution is 4.97. The molecule has 2 atom stereocenters. The normalized spacial score (nSPS) is 38.5. The zero-order chi connectivity index (χ0) is 12.5. The fourth-order valence-corrected chi connectivity index (χ4v) is 4.53. The molecule has 0 radical (unpaired) electrons. The zero-order valence-corrected chi connectivity index (χ0v) is 12.2. The molecule has 3 rings (SSSR count). The molecule has 104 valence electrons. The molecule has 3 aliphatic rings. The third kappa shape index (κ3) is 2.60. The summed E-state index contributed by atoms with van der Waals surface area (Å²) in [5, 5.41) is 4.05. The minimum Gasteiger partial charge on any atom is -0.311 e. The van der Waals surface area contributed by atoms with E-state index in [1.54, 1.807) is 0 Å². The van der Waals surface area contributed by atoms with Crippen LogP contribution in [-0.2, 0) is 0 Å². The lowest BCUT2D eigenvalue weighted by Gasteiger charge is -2.50. The molecule has 1 saturated heterocycles. The Bertz CT molecular complexity index is 256. The third-order valence-corrected chi connectivity index (χ3v) is 5.62. The first-order valence-electron chi connectivity index (χ1n) is 8.24. The molecule has 1 N–H and O–H groups in total. The lowest BCUT2D eigenvalue weighted by molar-refractivity contribution is 0.0252. The van der Waals surface area contributed by atoms with Crippen molar-refractivity contribution in [2.45, 2.75) is 76.9 Å². The first kappa shape index (κ1) is 12.9. The minimum absolute atomic E-state index is 0.737. The van der Waals surface area contributed by atoms with Crippen molar-refractivity contribution in [3.05, 3.63) is 0 Å². The Balaban J connectivity index is 1.63. The van der Waals surface area contributed by atoms with Crippen LogP contribution in [0.5, 0.6) is 0 Å². The van der Waals surface area contributed by atoms with E-state index in [0.717, 1.165) is 30.0 Å². The Morgan fingerprint density at radius 3 is 2.06 bits per heavy atom. The Morgan fingerprint density at radius 2 is 1.50 bits per heavy atom. The van der Waals surface area contributed by atoms with Gasteiger partial charge in [-0.15, -0.1) is 0 Å². The van der Waals surface area contributed by atoms with Crippen LogP contribution in [0, 0.1) is 11.8 Å². The van der Waals surface area contributed by atoms with Crippen molar-refractivity contribution in [1.29, 1.82) is 0 Å². The fraction of sp³-hybridized carbons (Fsp3) is 1.00. The van der Waals surface area contributed by atoms with Gasteiger partial charge in [0.15, 0.2) is 0 Å². The first-order valence-corrected chi connectivity index (χ1v) is 8.24. The standard InChI is InChI=1S/C16H30N2/c1-12(2)18-10-13-6-5-7-14(11-18)16(13)17-15-8-3-4-9-15/h12-17H,3-11H2,1-2H3. The van der Waals surface area contributed by atoms with Gasteiger partial charge in [-0.3, -0.25) is 0 Å². The topological polar surface area (TPSA) is 15.3 Å². The van der Waals surface area contributed by atoms with Gasteiger partial charge in [-0.05, 0) is 51.4 Å². The SMILES string of the molecule is CC(C)N1CC2CCCC(C1)C2NC1CCCC1. The smallest absolute Gasteiger partial charge is 0.0151 e. The summed E-state index contributed by atoms with van der Waals surface area (Å²) in [6, 6.07) is 2.43. The van der Waals surface area contributed by atoms with Gasteiger partial charge in [0.25, 0.3) is 0 Å². The summed E-state index contributed by atoms with van der Waals surface area (Å²) in [7, 11) is 0. The summed E-state index contributed by atoms with van der Waals surface area (Å²) < 4.78 is 0. The van der Waals surface area contributed by atoms with Gasteiger partial charge in [-0.1, -0.05) is 19.3 Å². The molecule has 0 aromatic heterocycles. The maximum atomic E-state index is 4.05. The predicted molar refractivity (Wildman–Crippen MR) is 76.7 cm³/mol. The van der Waals surface area contributed by atoms with Gasteiger partial charge in [0, 0.05) is 31.2 Å². The van der Waals surface area contributed by atoms with E-state index in [-0.39, 0.29) is 0 Å². The Labute approximate surface area is 113 Å².